The lowest BCUT2D eigenvalue weighted by Gasteiger charge is -2.08. The van der Waals surface area contributed by atoms with Gasteiger partial charge in [0.25, 0.3) is 5.95 Å². The van der Waals surface area contributed by atoms with Crippen molar-refractivity contribution in [1.82, 2.24) is 24.8 Å². The van der Waals surface area contributed by atoms with Crippen LogP contribution in [0.15, 0.2) is 24.4 Å². The maximum absolute atomic E-state index is 11.2. The number of carbonyl (C=O) groups excluding carboxylic acids is 1. The average molecular weight is 325 g/mol. The van der Waals surface area contributed by atoms with Gasteiger partial charge in [-0.2, -0.15) is 4.80 Å². The SMILES string of the molecule is CCn1nnc(-n2cc(C)c(-c3cc(C=O)cc(OC)c3)c2C)n1. The van der Waals surface area contributed by atoms with Crippen molar-refractivity contribution in [3.8, 4) is 22.8 Å². The number of aromatic nitrogens is 5. The normalized spacial score (nSPS) is 10.8. The number of carbonyl (C=O) groups is 1. The molecule has 2 aromatic heterocycles. The molecule has 0 saturated carbocycles. The fourth-order valence-corrected chi connectivity index (χ4v) is 2.82. The Labute approximate surface area is 139 Å². The predicted octanol–water partition coefficient (Wildman–Crippen LogP) is 2.59. The van der Waals surface area contributed by atoms with Crippen molar-refractivity contribution in [2.45, 2.75) is 27.3 Å². The van der Waals surface area contributed by atoms with E-state index < -0.39 is 0 Å². The largest absolute Gasteiger partial charge is 0.497 e. The number of methoxy groups -OCH3 is 1. The highest BCUT2D eigenvalue weighted by molar-refractivity contribution is 5.82. The first-order valence-corrected chi connectivity index (χ1v) is 7.68. The zero-order chi connectivity index (χ0) is 17.3. The second kappa shape index (κ2) is 6.27. The van der Waals surface area contributed by atoms with Gasteiger partial charge in [-0.3, -0.25) is 9.36 Å². The van der Waals surface area contributed by atoms with E-state index in [1.807, 2.05) is 43.7 Å². The number of hydrogen-bond donors (Lipinski definition) is 0. The van der Waals surface area contributed by atoms with E-state index in [2.05, 4.69) is 15.4 Å². The quantitative estimate of drug-likeness (QED) is 0.674. The number of ether oxygens (including phenoxy) is 1. The van der Waals surface area contributed by atoms with Crippen LogP contribution in [0.1, 0.15) is 28.5 Å². The molecule has 0 amide bonds. The van der Waals surface area contributed by atoms with Crippen molar-refractivity contribution in [2.75, 3.05) is 7.11 Å². The molecule has 7 nitrogen and oxygen atoms in total. The van der Waals surface area contributed by atoms with Crippen LogP contribution in [0.5, 0.6) is 5.75 Å². The highest BCUT2D eigenvalue weighted by Gasteiger charge is 2.16. The van der Waals surface area contributed by atoms with Crippen LogP contribution in [0.25, 0.3) is 17.1 Å². The molecule has 0 radical (unpaired) electrons. The van der Waals surface area contributed by atoms with Gasteiger partial charge in [-0.25, -0.2) is 0 Å². The molecule has 1 aromatic carbocycles. The summed E-state index contributed by atoms with van der Waals surface area (Å²) in [6.07, 6.45) is 2.80. The Balaban J connectivity index is 2.14. The minimum absolute atomic E-state index is 0.530. The summed E-state index contributed by atoms with van der Waals surface area (Å²) in [4.78, 5) is 12.7. The van der Waals surface area contributed by atoms with Gasteiger partial charge in [-0.1, -0.05) is 5.10 Å². The summed E-state index contributed by atoms with van der Waals surface area (Å²) >= 11 is 0. The number of nitrogens with zero attached hydrogens (tertiary/aromatic N) is 5. The molecule has 0 fully saturated rings. The maximum atomic E-state index is 11.2. The van der Waals surface area contributed by atoms with Gasteiger partial charge in [0.1, 0.15) is 12.0 Å². The zero-order valence-corrected chi connectivity index (χ0v) is 14.1. The fourth-order valence-electron chi connectivity index (χ4n) is 2.82. The van der Waals surface area contributed by atoms with Gasteiger partial charge in [0.05, 0.1) is 13.7 Å². The molecule has 0 N–H and O–H groups in total. The Morgan fingerprint density at radius 1 is 1.25 bits per heavy atom. The first kappa shape index (κ1) is 15.9. The van der Waals surface area contributed by atoms with Gasteiger partial charge in [0, 0.05) is 23.0 Å². The third kappa shape index (κ3) is 2.68. The van der Waals surface area contributed by atoms with E-state index in [4.69, 9.17) is 4.74 Å². The molecule has 24 heavy (non-hydrogen) atoms. The Morgan fingerprint density at radius 3 is 2.67 bits per heavy atom. The van der Waals surface area contributed by atoms with Gasteiger partial charge >= 0.3 is 0 Å². The molecule has 0 aliphatic heterocycles. The molecular weight excluding hydrogens is 306 g/mol. The summed E-state index contributed by atoms with van der Waals surface area (Å²) in [6.45, 7) is 6.64. The molecule has 0 saturated heterocycles. The molecule has 0 spiro atoms. The van der Waals surface area contributed by atoms with Crippen molar-refractivity contribution in [1.29, 1.82) is 0 Å². The van der Waals surface area contributed by atoms with E-state index in [1.54, 1.807) is 18.0 Å². The van der Waals surface area contributed by atoms with E-state index in [0.717, 1.165) is 28.7 Å². The van der Waals surface area contributed by atoms with Crippen LogP contribution in [0.4, 0.5) is 0 Å². The van der Waals surface area contributed by atoms with Crippen LogP contribution in [0.3, 0.4) is 0 Å². The third-order valence-corrected chi connectivity index (χ3v) is 3.97. The number of tetrazole rings is 1. The summed E-state index contributed by atoms with van der Waals surface area (Å²) in [5.74, 6) is 1.18. The van der Waals surface area contributed by atoms with Gasteiger partial charge in [0.15, 0.2) is 0 Å². The zero-order valence-electron chi connectivity index (χ0n) is 14.1. The molecule has 2 heterocycles. The summed E-state index contributed by atoms with van der Waals surface area (Å²) in [6, 6.07) is 5.49. The van der Waals surface area contributed by atoms with Crippen LogP contribution in [0, 0.1) is 13.8 Å². The number of aldehydes is 1. The predicted molar refractivity (Wildman–Crippen MR) is 89.7 cm³/mol. The van der Waals surface area contributed by atoms with E-state index in [0.29, 0.717) is 23.8 Å². The molecule has 0 aliphatic carbocycles. The molecule has 0 unspecified atom stereocenters. The van der Waals surface area contributed by atoms with Crippen LogP contribution >= 0.6 is 0 Å². The second-order valence-corrected chi connectivity index (χ2v) is 5.53. The molecule has 3 rings (SSSR count). The number of hydrogen-bond acceptors (Lipinski definition) is 5. The Hall–Kier alpha value is -2.96. The minimum atomic E-state index is 0.530. The van der Waals surface area contributed by atoms with Crippen molar-refractivity contribution >= 4 is 6.29 Å². The molecule has 0 bridgehead atoms. The van der Waals surface area contributed by atoms with Crippen molar-refractivity contribution in [2.24, 2.45) is 0 Å². The molecule has 3 aromatic rings. The van der Waals surface area contributed by atoms with Crippen LogP contribution < -0.4 is 4.74 Å². The lowest BCUT2D eigenvalue weighted by molar-refractivity contribution is 0.112. The Bertz CT molecular complexity index is 895. The number of benzene rings is 1. The standard InChI is InChI=1S/C17H19N5O2/c1-5-22-19-17(18-20-22)21-9-11(2)16(12(21)3)14-6-13(10-23)7-15(8-14)24-4/h6-10H,5H2,1-4H3. The van der Waals surface area contributed by atoms with E-state index in [-0.39, 0.29) is 0 Å². The molecular formula is C17H19N5O2. The smallest absolute Gasteiger partial charge is 0.274 e. The molecule has 124 valence electrons. The lowest BCUT2D eigenvalue weighted by atomic mass is 10.0. The summed E-state index contributed by atoms with van der Waals surface area (Å²) in [5, 5.41) is 12.5. The van der Waals surface area contributed by atoms with E-state index >= 15 is 0 Å². The summed E-state index contributed by atoms with van der Waals surface area (Å²) < 4.78 is 7.21. The Morgan fingerprint density at radius 2 is 2.04 bits per heavy atom. The van der Waals surface area contributed by atoms with Gasteiger partial charge in [-0.15, -0.1) is 5.10 Å². The first-order chi connectivity index (χ1) is 11.6. The lowest BCUT2D eigenvalue weighted by Crippen LogP contribution is -2.01. The second-order valence-electron chi connectivity index (χ2n) is 5.53. The summed E-state index contributed by atoms with van der Waals surface area (Å²) in [5.41, 5.74) is 4.57. The number of aryl methyl sites for hydroxylation is 2. The first-order valence-electron chi connectivity index (χ1n) is 7.68. The fraction of sp³-hybridized carbons (Fsp3) is 0.294. The van der Waals surface area contributed by atoms with E-state index in [1.165, 1.54) is 0 Å². The monoisotopic (exact) mass is 325 g/mol. The van der Waals surface area contributed by atoms with Gasteiger partial charge in [-0.05, 0) is 55.3 Å². The molecule has 0 aliphatic rings. The topological polar surface area (TPSA) is 74.8 Å². The van der Waals surface area contributed by atoms with Gasteiger partial charge in [0.2, 0.25) is 0 Å². The van der Waals surface area contributed by atoms with Crippen LogP contribution in [-0.2, 0) is 6.54 Å². The van der Waals surface area contributed by atoms with Crippen LogP contribution in [-0.4, -0.2) is 38.2 Å². The highest BCUT2D eigenvalue weighted by Crippen LogP contribution is 2.32. The molecule has 0 atom stereocenters. The number of rotatable bonds is 5. The third-order valence-electron chi connectivity index (χ3n) is 3.97. The van der Waals surface area contributed by atoms with Crippen molar-refractivity contribution in [3.05, 3.63) is 41.2 Å². The van der Waals surface area contributed by atoms with Crippen molar-refractivity contribution < 1.29 is 9.53 Å². The Kier molecular flexibility index (Phi) is 4.16. The van der Waals surface area contributed by atoms with E-state index in [9.17, 15) is 4.79 Å². The van der Waals surface area contributed by atoms with Gasteiger partial charge < -0.3 is 4.74 Å². The minimum Gasteiger partial charge on any atom is -0.497 e. The summed E-state index contributed by atoms with van der Waals surface area (Å²) in [7, 11) is 1.59. The highest BCUT2D eigenvalue weighted by atomic mass is 16.5. The average Bonchev–Trinajstić information content (AvgIpc) is 3.18. The van der Waals surface area contributed by atoms with Crippen LogP contribution in [0.2, 0.25) is 0 Å². The maximum Gasteiger partial charge on any atom is 0.274 e. The van der Waals surface area contributed by atoms with Crippen molar-refractivity contribution in [3.63, 3.8) is 0 Å². The molecule has 7 heteroatoms.